The second kappa shape index (κ2) is 7.39. The third-order valence-electron chi connectivity index (χ3n) is 4.48. The highest BCUT2D eigenvalue weighted by atomic mass is 35.5. The maximum absolute atomic E-state index is 12.4. The lowest BCUT2D eigenvalue weighted by Crippen LogP contribution is -2.36. The number of benzene rings is 2. The van der Waals surface area contributed by atoms with Crippen molar-refractivity contribution < 1.29 is 4.79 Å². The summed E-state index contributed by atoms with van der Waals surface area (Å²) in [5.74, 6) is 0.0169. The number of fused-ring (bicyclic) bond motifs is 1. The molecule has 0 bridgehead atoms. The number of nitrogens with one attached hydrogen (secondary N) is 1. The number of carbonyl (C=O) groups excluding carboxylic acids is 1. The molecule has 1 amide bonds. The minimum Gasteiger partial charge on any atom is -0.352 e. The van der Waals surface area contributed by atoms with Crippen molar-refractivity contribution in [3.8, 4) is 10.6 Å². The van der Waals surface area contributed by atoms with Crippen LogP contribution in [0.25, 0.3) is 10.6 Å². The van der Waals surface area contributed by atoms with E-state index in [0.29, 0.717) is 16.5 Å². The summed E-state index contributed by atoms with van der Waals surface area (Å²) in [6.07, 6.45) is 3.82. The molecule has 3 aromatic rings. The Balaban J connectivity index is 1.41. The molecular weight excluding hydrogens is 387 g/mol. The molecule has 1 N–H and O–H groups in total. The maximum Gasteiger partial charge on any atom is 0.225 e. The van der Waals surface area contributed by atoms with Gasteiger partial charge in [0.1, 0.15) is 5.01 Å². The summed E-state index contributed by atoms with van der Waals surface area (Å²) in [6.45, 7) is 0. The fraction of sp³-hybridized carbons (Fsp3) is 0.200. The van der Waals surface area contributed by atoms with Crippen LogP contribution in [0.15, 0.2) is 48.7 Å². The monoisotopic (exact) mass is 402 g/mol. The highest BCUT2D eigenvalue weighted by Crippen LogP contribution is 2.36. The first-order valence-corrected chi connectivity index (χ1v) is 9.92. The van der Waals surface area contributed by atoms with E-state index >= 15 is 0 Å². The maximum atomic E-state index is 12.4. The van der Waals surface area contributed by atoms with Gasteiger partial charge in [-0.2, -0.15) is 0 Å². The normalized spacial score (nSPS) is 13.6. The van der Waals surface area contributed by atoms with Gasteiger partial charge in [0.05, 0.1) is 16.5 Å². The Kier molecular flexibility index (Phi) is 4.98. The minimum atomic E-state index is 0.0169. The molecule has 0 spiro atoms. The van der Waals surface area contributed by atoms with Gasteiger partial charge in [-0.05, 0) is 36.1 Å². The van der Waals surface area contributed by atoms with Gasteiger partial charge in [-0.25, -0.2) is 4.98 Å². The second-order valence-electron chi connectivity index (χ2n) is 6.35. The Morgan fingerprint density at radius 1 is 1.08 bits per heavy atom. The van der Waals surface area contributed by atoms with Crippen molar-refractivity contribution in [1.29, 1.82) is 0 Å². The minimum absolute atomic E-state index is 0.0169. The molecular formula is C20H16Cl2N2OS. The van der Waals surface area contributed by atoms with Crippen LogP contribution < -0.4 is 5.32 Å². The first kappa shape index (κ1) is 17.5. The molecule has 0 unspecified atom stereocenters. The van der Waals surface area contributed by atoms with Crippen molar-refractivity contribution in [2.45, 2.75) is 25.3 Å². The quantitative estimate of drug-likeness (QED) is 0.670. The lowest BCUT2D eigenvalue weighted by atomic mass is 10.1. The molecule has 0 atom stereocenters. The Labute approximate surface area is 166 Å². The standard InChI is InChI=1S/C20H16Cl2N2OS/c21-16-6-3-7-17(22)19(16)20-23-11-15(26-20)10-18(25)24-14-8-12-4-1-2-5-13(12)9-14/h1-7,11,14H,8-10H2,(H,24,25). The molecule has 1 aromatic heterocycles. The zero-order chi connectivity index (χ0) is 18.1. The van der Waals surface area contributed by atoms with E-state index in [0.717, 1.165) is 28.3 Å². The van der Waals surface area contributed by atoms with Gasteiger partial charge in [-0.3, -0.25) is 4.79 Å². The van der Waals surface area contributed by atoms with Crippen molar-refractivity contribution in [3.63, 3.8) is 0 Å². The van der Waals surface area contributed by atoms with E-state index in [1.807, 2.05) is 12.1 Å². The molecule has 6 heteroatoms. The predicted molar refractivity (Wildman–Crippen MR) is 107 cm³/mol. The first-order valence-electron chi connectivity index (χ1n) is 8.35. The lowest BCUT2D eigenvalue weighted by Gasteiger charge is -2.11. The van der Waals surface area contributed by atoms with E-state index in [1.54, 1.807) is 24.4 Å². The Hall–Kier alpha value is -1.88. The van der Waals surface area contributed by atoms with Crippen molar-refractivity contribution in [1.82, 2.24) is 10.3 Å². The molecule has 0 saturated heterocycles. The van der Waals surface area contributed by atoms with Crippen LogP contribution in [-0.2, 0) is 24.1 Å². The summed E-state index contributed by atoms with van der Waals surface area (Å²) in [4.78, 5) is 17.7. The summed E-state index contributed by atoms with van der Waals surface area (Å²) in [5.41, 5.74) is 3.37. The third kappa shape index (κ3) is 3.63. The number of carbonyl (C=O) groups is 1. The number of hydrogen-bond acceptors (Lipinski definition) is 3. The summed E-state index contributed by atoms with van der Waals surface area (Å²) in [6, 6.07) is 13.9. The zero-order valence-corrected chi connectivity index (χ0v) is 16.2. The molecule has 26 heavy (non-hydrogen) atoms. The van der Waals surface area contributed by atoms with Crippen molar-refractivity contribution in [3.05, 3.63) is 74.7 Å². The SMILES string of the molecule is O=C(Cc1cnc(-c2c(Cl)cccc2Cl)s1)NC1Cc2ccccc2C1. The molecule has 0 saturated carbocycles. The molecule has 0 radical (unpaired) electrons. The number of rotatable bonds is 4. The molecule has 1 aliphatic carbocycles. The highest BCUT2D eigenvalue weighted by molar-refractivity contribution is 7.15. The van der Waals surface area contributed by atoms with Crippen LogP contribution in [0.3, 0.4) is 0 Å². The molecule has 0 fully saturated rings. The van der Waals surface area contributed by atoms with Gasteiger partial charge in [-0.1, -0.05) is 53.5 Å². The van der Waals surface area contributed by atoms with Crippen LogP contribution in [0.4, 0.5) is 0 Å². The first-order chi connectivity index (χ1) is 12.6. The highest BCUT2D eigenvalue weighted by Gasteiger charge is 2.22. The number of amides is 1. The van der Waals surface area contributed by atoms with E-state index in [1.165, 1.54) is 22.5 Å². The van der Waals surface area contributed by atoms with Crippen LogP contribution in [-0.4, -0.2) is 16.9 Å². The van der Waals surface area contributed by atoms with Gasteiger partial charge in [0.2, 0.25) is 5.91 Å². The van der Waals surface area contributed by atoms with Gasteiger partial charge in [0.15, 0.2) is 0 Å². The van der Waals surface area contributed by atoms with Crippen LogP contribution >= 0.6 is 34.5 Å². The van der Waals surface area contributed by atoms with E-state index in [2.05, 4.69) is 22.4 Å². The summed E-state index contributed by atoms with van der Waals surface area (Å²) >= 11 is 13.9. The Bertz CT molecular complexity index is 925. The molecule has 3 nitrogen and oxygen atoms in total. The topological polar surface area (TPSA) is 42.0 Å². The molecule has 1 aliphatic rings. The number of halogens is 2. The van der Waals surface area contributed by atoms with Crippen LogP contribution in [0.2, 0.25) is 10.0 Å². The lowest BCUT2D eigenvalue weighted by molar-refractivity contribution is -0.121. The predicted octanol–water partition coefficient (Wildman–Crippen LogP) is 4.94. The van der Waals surface area contributed by atoms with Gasteiger partial charge in [-0.15, -0.1) is 11.3 Å². The van der Waals surface area contributed by atoms with Crippen molar-refractivity contribution in [2.75, 3.05) is 0 Å². The fourth-order valence-electron chi connectivity index (χ4n) is 3.30. The van der Waals surface area contributed by atoms with E-state index < -0.39 is 0 Å². The van der Waals surface area contributed by atoms with Gasteiger partial charge >= 0.3 is 0 Å². The summed E-state index contributed by atoms with van der Waals surface area (Å²) < 4.78 is 0. The number of nitrogens with zero attached hydrogens (tertiary/aromatic N) is 1. The second-order valence-corrected chi connectivity index (χ2v) is 8.28. The molecule has 2 aromatic carbocycles. The third-order valence-corrected chi connectivity index (χ3v) is 6.13. The molecule has 1 heterocycles. The average Bonchev–Trinajstić information content (AvgIpc) is 3.21. The fourth-order valence-corrected chi connectivity index (χ4v) is 4.98. The van der Waals surface area contributed by atoms with Gasteiger partial charge in [0, 0.05) is 22.7 Å². The van der Waals surface area contributed by atoms with Crippen LogP contribution in [0, 0.1) is 0 Å². The Morgan fingerprint density at radius 2 is 1.73 bits per heavy atom. The van der Waals surface area contributed by atoms with Crippen molar-refractivity contribution >= 4 is 40.4 Å². The summed E-state index contributed by atoms with van der Waals surface area (Å²) in [5, 5.41) is 4.99. The smallest absolute Gasteiger partial charge is 0.225 e. The van der Waals surface area contributed by atoms with E-state index in [9.17, 15) is 4.79 Å². The van der Waals surface area contributed by atoms with Gasteiger partial charge in [0.25, 0.3) is 0 Å². The molecule has 4 rings (SSSR count). The molecule has 132 valence electrons. The zero-order valence-electron chi connectivity index (χ0n) is 13.8. The molecule has 0 aliphatic heterocycles. The van der Waals surface area contributed by atoms with Gasteiger partial charge < -0.3 is 5.32 Å². The number of hydrogen-bond donors (Lipinski definition) is 1. The number of thiazole rings is 1. The number of aromatic nitrogens is 1. The largest absolute Gasteiger partial charge is 0.352 e. The van der Waals surface area contributed by atoms with Crippen LogP contribution in [0.5, 0.6) is 0 Å². The van der Waals surface area contributed by atoms with E-state index in [4.69, 9.17) is 23.2 Å². The average molecular weight is 403 g/mol. The Morgan fingerprint density at radius 3 is 2.38 bits per heavy atom. The summed E-state index contributed by atoms with van der Waals surface area (Å²) in [7, 11) is 0. The van der Waals surface area contributed by atoms with E-state index in [-0.39, 0.29) is 11.9 Å². The van der Waals surface area contributed by atoms with Crippen molar-refractivity contribution in [2.24, 2.45) is 0 Å². The van der Waals surface area contributed by atoms with Crippen LogP contribution in [0.1, 0.15) is 16.0 Å².